The number of rotatable bonds is 11. The van der Waals surface area contributed by atoms with E-state index in [2.05, 4.69) is 0 Å². The number of phenolic OH excluding ortho intramolecular Hbond substituents is 1. The molecule has 0 saturated carbocycles. The molecule has 0 fully saturated rings. The maximum atomic E-state index is 10.9. The first-order chi connectivity index (χ1) is 14.9. The molecule has 0 heterocycles. The lowest BCUT2D eigenvalue weighted by molar-refractivity contribution is -0.00184. The minimum absolute atomic E-state index is 0.0975. The molecule has 0 aliphatic rings. The molecule has 0 radical (unpaired) electrons. The standard InChI is InChI=1S/C22H28O9/c1-27-15-10-14(11-16(28-2)21(15)26)20(25)19(12-24)31-22-17(29-3)8-13(6-5-7-23)9-18(22)30-4/h5-6,8-11,19-20,23-26H,7,12H2,1-4H3/b6-5-/t19-,20-/m1/s1. The van der Waals surface area contributed by atoms with Crippen molar-refractivity contribution in [1.82, 2.24) is 0 Å². The third kappa shape index (κ3) is 5.52. The predicted molar refractivity (Wildman–Crippen MR) is 113 cm³/mol. The first-order valence-corrected chi connectivity index (χ1v) is 9.37. The lowest BCUT2D eigenvalue weighted by atomic mass is 10.0. The van der Waals surface area contributed by atoms with Gasteiger partial charge in [-0.1, -0.05) is 12.2 Å². The summed E-state index contributed by atoms with van der Waals surface area (Å²) in [5, 5.41) is 39.8. The van der Waals surface area contributed by atoms with E-state index in [0.29, 0.717) is 22.6 Å². The van der Waals surface area contributed by atoms with Crippen molar-refractivity contribution in [2.75, 3.05) is 41.7 Å². The summed E-state index contributed by atoms with van der Waals surface area (Å²) in [5.74, 6) is 0.784. The van der Waals surface area contributed by atoms with Gasteiger partial charge in [0.15, 0.2) is 29.1 Å². The molecule has 2 atom stereocenters. The Bertz CT molecular complexity index is 845. The molecule has 0 spiro atoms. The molecule has 2 aromatic rings. The number of aliphatic hydroxyl groups excluding tert-OH is 3. The van der Waals surface area contributed by atoms with Crippen LogP contribution in [0.2, 0.25) is 0 Å². The molecule has 170 valence electrons. The number of aliphatic hydroxyl groups is 3. The Kier molecular flexibility index (Phi) is 8.80. The number of phenols is 1. The molecule has 0 saturated heterocycles. The summed E-state index contributed by atoms with van der Waals surface area (Å²) in [6.07, 6.45) is 0.820. The minimum Gasteiger partial charge on any atom is -0.502 e. The second kappa shape index (κ2) is 11.3. The van der Waals surface area contributed by atoms with E-state index in [-0.39, 0.29) is 29.6 Å². The molecule has 9 nitrogen and oxygen atoms in total. The van der Waals surface area contributed by atoms with Gasteiger partial charge in [-0.15, -0.1) is 0 Å². The van der Waals surface area contributed by atoms with E-state index in [1.165, 1.54) is 40.6 Å². The lowest BCUT2D eigenvalue weighted by Crippen LogP contribution is -2.29. The fraction of sp³-hybridized carbons (Fsp3) is 0.364. The van der Waals surface area contributed by atoms with E-state index in [4.69, 9.17) is 28.8 Å². The summed E-state index contributed by atoms with van der Waals surface area (Å²) in [4.78, 5) is 0. The highest BCUT2D eigenvalue weighted by atomic mass is 16.6. The average molecular weight is 436 g/mol. The van der Waals surface area contributed by atoms with Crippen molar-refractivity contribution in [3.05, 3.63) is 41.5 Å². The topological polar surface area (TPSA) is 127 Å². The van der Waals surface area contributed by atoms with Gasteiger partial charge >= 0.3 is 0 Å². The first-order valence-electron chi connectivity index (χ1n) is 9.37. The summed E-state index contributed by atoms with van der Waals surface area (Å²) in [6, 6.07) is 6.17. The zero-order valence-electron chi connectivity index (χ0n) is 17.9. The third-order valence-electron chi connectivity index (χ3n) is 4.54. The lowest BCUT2D eigenvalue weighted by Gasteiger charge is -2.25. The molecule has 0 aliphatic heterocycles. The van der Waals surface area contributed by atoms with Crippen molar-refractivity contribution in [2.24, 2.45) is 0 Å². The predicted octanol–water partition coefficient (Wildman–Crippen LogP) is 1.91. The second-order valence-corrected chi connectivity index (χ2v) is 6.40. The molecule has 0 amide bonds. The van der Waals surface area contributed by atoms with E-state index in [0.717, 1.165) is 0 Å². The number of benzene rings is 2. The summed E-state index contributed by atoms with van der Waals surface area (Å²) >= 11 is 0. The van der Waals surface area contributed by atoms with Gasteiger partial charge in [-0.3, -0.25) is 0 Å². The normalized spacial score (nSPS) is 13.0. The van der Waals surface area contributed by atoms with Crippen LogP contribution in [0.25, 0.3) is 6.08 Å². The Labute approximate surface area is 180 Å². The van der Waals surface area contributed by atoms with Crippen LogP contribution in [-0.2, 0) is 0 Å². The van der Waals surface area contributed by atoms with Gasteiger partial charge in [0.05, 0.1) is 41.7 Å². The van der Waals surface area contributed by atoms with Crippen LogP contribution in [0.3, 0.4) is 0 Å². The highest BCUT2D eigenvalue weighted by Gasteiger charge is 2.27. The van der Waals surface area contributed by atoms with Crippen LogP contribution in [0, 0.1) is 0 Å². The van der Waals surface area contributed by atoms with Crippen LogP contribution in [0.4, 0.5) is 0 Å². The van der Waals surface area contributed by atoms with Crippen LogP contribution < -0.4 is 23.7 Å². The van der Waals surface area contributed by atoms with E-state index in [9.17, 15) is 15.3 Å². The third-order valence-corrected chi connectivity index (χ3v) is 4.54. The average Bonchev–Trinajstić information content (AvgIpc) is 2.80. The van der Waals surface area contributed by atoms with Crippen LogP contribution >= 0.6 is 0 Å². The van der Waals surface area contributed by atoms with Crippen molar-refractivity contribution in [2.45, 2.75) is 12.2 Å². The van der Waals surface area contributed by atoms with Crippen LogP contribution in [-0.4, -0.2) is 68.2 Å². The van der Waals surface area contributed by atoms with Crippen molar-refractivity contribution in [3.63, 3.8) is 0 Å². The Morgan fingerprint density at radius 1 is 0.839 bits per heavy atom. The summed E-state index contributed by atoms with van der Waals surface area (Å²) < 4.78 is 26.9. The van der Waals surface area contributed by atoms with E-state index in [1.807, 2.05) is 0 Å². The number of methoxy groups -OCH3 is 4. The fourth-order valence-corrected chi connectivity index (χ4v) is 2.95. The molecule has 0 aliphatic carbocycles. The van der Waals surface area contributed by atoms with Crippen molar-refractivity contribution < 1.29 is 44.1 Å². The Hall–Kier alpha value is -3.14. The molecular formula is C22H28O9. The number of ether oxygens (including phenoxy) is 5. The van der Waals surface area contributed by atoms with Crippen LogP contribution in [0.1, 0.15) is 17.2 Å². The van der Waals surface area contributed by atoms with Crippen molar-refractivity contribution in [1.29, 1.82) is 0 Å². The second-order valence-electron chi connectivity index (χ2n) is 6.40. The highest BCUT2D eigenvalue weighted by Crippen LogP contribution is 2.42. The molecule has 31 heavy (non-hydrogen) atoms. The zero-order chi connectivity index (χ0) is 23.0. The fourth-order valence-electron chi connectivity index (χ4n) is 2.95. The highest BCUT2D eigenvalue weighted by molar-refractivity contribution is 5.62. The minimum atomic E-state index is -1.31. The SMILES string of the molecule is COc1cc([C@@H](O)[C@@H](CO)Oc2c(OC)cc(/C=C\CO)cc2OC)cc(OC)c1O. The van der Waals surface area contributed by atoms with Gasteiger partial charge in [-0.25, -0.2) is 0 Å². The van der Waals surface area contributed by atoms with Crippen LogP contribution in [0.15, 0.2) is 30.3 Å². The summed E-state index contributed by atoms with van der Waals surface area (Å²) in [5.41, 5.74) is 0.996. The quantitative estimate of drug-likeness (QED) is 0.418. The van der Waals surface area contributed by atoms with Crippen LogP contribution in [0.5, 0.6) is 34.5 Å². The van der Waals surface area contributed by atoms with Crippen molar-refractivity contribution >= 4 is 6.08 Å². The molecule has 0 bridgehead atoms. The van der Waals surface area contributed by atoms with Gasteiger partial charge in [0, 0.05) is 0 Å². The number of aromatic hydroxyl groups is 1. The summed E-state index contributed by atoms with van der Waals surface area (Å²) in [6.45, 7) is -0.660. The largest absolute Gasteiger partial charge is 0.502 e. The molecule has 2 aromatic carbocycles. The smallest absolute Gasteiger partial charge is 0.204 e. The molecular weight excluding hydrogens is 408 g/mol. The molecule has 0 unspecified atom stereocenters. The zero-order valence-corrected chi connectivity index (χ0v) is 17.9. The van der Waals surface area contributed by atoms with Gasteiger partial charge in [-0.05, 0) is 35.4 Å². The van der Waals surface area contributed by atoms with E-state index >= 15 is 0 Å². The Morgan fingerprint density at radius 2 is 1.35 bits per heavy atom. The van der Waals surface area contributed by atoms with Gasteiger partial charge in [-0.2, -0.15) is 0 Å². The molecule has 0 aromatic heterocycles. The van der Waals surface area contributed by atoms with Crippen molar-refractivity contribution in [3.8, 4) is 34.5 Å². The van der Waals surface area contributed by atoms with Gasteiger partial charge < -0.3 is 44.1 Å². The number of hydrogen-bond acceptors (Lipinski definition) is 9. The molecule has 4 N–H and O–H groups in total. The first kappa shape index (κ1) is 24.1. The maximum Gasteiger partial charge on any atom is 0.204 e. The van der Waals surface area contributed by atoms with Gasteiger partial charge in [0.1, 0.15) is 6.10 Å². The molecule has 2 rings (SSSR count). The number of hydrogen-bond donors (Lipinski definition) is 4. The molecule has 9 heteroatoms. The van der Waals surface area contributed by atoms with Gasteiger partial charge in [0.2, 0.25) is 11.5 Å². The Morgan fingerprint density at radius 3 is 1.77 bits per heavy atom. The van der Waals surface area contributed by atoms with E-state index < -0.39 is 18.8 Å². The maximum absolute atomic E-state index is 10.9. The van der Waals surface area contributed by atoms with Gasteiger partial charge in [0.25, 0.3) is 0 Å². The summed E-state index contributed by atoms with van der Waals surface area (Å²) in [7, 11) is 5.63. The van der Waals surface area contributed by atoms with E-state index in [1.54, 1.807) is 24.3 Å². The Balaban J connectivity index is 2.43. The monoisotopic (exact) mass is 436 g/mol.